The van der Waals surface area contributed by atoms with Gasteiger partial charge in [-0.05, 0) is 25.8 Å². The molecule has 4 heteroatoms. The fourth-order valence-corrected chi connectivity index (χ4v) is 2.89. The minimum Gasteiger partial charge on any atom is -0.339 e. The fourth-order valence-electron chi connectivity index (χ4n) is 2.89. The van der Waals surface area contributed by atoms with Crippen molar-refractivity contribution in [3.63, 3.8) is 0 Å². The van der Waals surface area contributed by atoms with Crippen LogP contribution in [0, 0.1) is 0 Å². The molecule has 0 N–H and O–H groups in total. The summed E-state index contributed by atoms with van der Waals surface area (Å²) in [4.78, 5) is 27.4. The van der Waals surface area contributed by atoms with E-state index < -0.39 is 0 Å². The predicted molar refractivity (Wildman–Crippen MR) is 65.7 cm³/mol. The maximum absolute atomic E-state index is 11.8. The summed E-state index contributed by atoms with van der Waals surface area (Å²) in [5.41, 5.74) is 0. The molecule has 0 saturated carbocycles. The first-order valence-electron chi connectivity index (χ1n) is 6.74. The largest absolute Gasteiger partial charge is 0.339 e. The molecule has 0 aromatic heterocycles. The average Bonchev–Trinajstić information content (AvgIpc) is 2.31. The summed E-state index contributed by atoms with van der Waals surface area (Å²) in [6.45, 7) is 6.20. The lowest BCUT2D eigenvalue weighted by Gasteiger charge is -2.39. The van der Waals surface area contributed by atoms with Gasteiger partial charge >= 0.3 is 0 Å². The molecular formula is C13H22N2O2. The molecule has 1 amide bonds. The van der Waals surface area contributed by atoms with E-state index in [0.29, 0.717) is 19.0 Å². The highest BCUT2D eigenvalue weighted by Crippen LogP contribution is 2.20. The molecule has 2 saturated heterocycles. The first kappa shape index (κ1) is 12.6. The number of likely N-dealkylation sites (tertiary alicyclic amines) is 2. The maximum atomic E-state index is 11.8. The average molecular weight is 238 g/mol. The third kappa shape index (κ3) is 3.06. The van der Waals surface area contributed by atoms with Crippen LogP contribution >= 0.6 is 0 Å². The number of carbonyl (C=O) groups is 2. The lowest BCUT2D eigenvalue weighted by Crippen LogP contribution is -2.50. The van der Waals surface area contributed by atoms with Crippen molar-refractivity contribution in [3.05, 3.63) is 0 Å². The van der Waals surface area contributed by atoms with Crippen LogP contribution in [0.15, 0.2) is 0 Å². The molecule has 2 fully saturated rings. The van der Waals surface area contributed by atoms with E-state index in [0.717, 1.165) is 25.9 Å². The molecule has 0 bridgehead atoms. The van der Waals surface area contributed by atoms with Gasteiger partial charge < -0.3 is 9.80 Å². The van der Waals surface area contributed by atoms with Crippen molar-refractivity contribution in [2.45, 2.75) is 45.1 Å². The van der Waals surface area contributed by atoms with Crippen molar-refractivity contribution in [1.29, 1.82) is 0 Å². The lowest BCUT2D eigenvalue weighted by atomic mass is 9.99. The first-order chi connectivity index (χ1) is 8.20. The van der Waals surface area contributed by atoms with Crippen LogP contribution in [-0.2, 0) is 9.59 Å². The molecule has 0 aromatic rings. The van der Waals surface area contributed by atoms with Crippen molar-refractivity contribution in [3.8, 4) is 0 Å². The van der Waals surface area contributed by atoms with Crippen LogP contribution in [-0.4, -0.2) is 53.7 Å². The van der Waals surface area contributed by atoms with Gasteiger partial charge in [-0.15, -0.1) is 0 Å². The Hall–Kier alpha value is -0.900. The Morgan fingerprint density at radius 3 is 2.47 bits per heavy atom. The highest BCUT2D eigenvalue weighted by molar-refractivity contribution is 6.00. The zero-order valence-corrected chi connectivity index (χ0v) is 10.7. The number of rotatable bonds is 3. The van der Waals surface area contributed by atoms with Gasteiger partial charge in [0.2, 0.25) is 5.91 Å². The second-order valence-electron chi connectivity index (χ2n) is 5.13. The number of ketones is 1. The zero-order valence-electron chi connectivity index (χ0n) is 10.7. The molecule has 96 valence electrons. The monoisotopic (exact) mass is 238 g/mol. The van der Waals surface area contributed by atoms with Crippen LogP contribution in [0.5, 0.6) is 0 Å². The van der Waals surface area contributed by atoms with E-state index in [-0.39, 0.29) is 18.1 Å². The molecule has 0 unspecified atom stereocenters. The van der Waals surface area contributed by atoms with Gasteiger partial charge in [-0.2, -0.15) is 0 Å². The van der Waals surface area contributed by atoms with Gasteiger partial charge in [-0.1, -0.05) is 6.92 Å². The smallest absolute Gasteiger partial charge is 0.230 e. The van der Waals surface area contributed by atoms with Gasteiger partial charge in [0.1, 0.15) is 5.78 Å². The topological polar surface area (TPSA) is 40.6 Å². The van der Waals surface area contributed by atoms with Crippen molar-refractivity contribution in [2.75, 3.05) is 26.2 Å². The van der Waals surface area contributed by atoms with Gasteiger partial charge in [0.15, 0.2) is 0 Å². The Balaban J connectivity index is 1.84. The number of Topliss-reactive ketones (excluding diaryl/α,β-unsaturated/α-hetero) is 1. The summed E-state index contributed by atoms with van der Waals surface area (Å²) in [6.07, 6.45) is 4.03. The van der Waals surface area contributed by atoms with Crippen LogP contribution < -0.4 is 0 Å². The van der Waals surface area contributed by atoms with Crippen molar-refractivity contribution in [2.24, 2.45) is 0 Å². The summed E-state index contributed by atoms with van der Waals surface area (Å²) in [6, 6.07) is 0.378. The molecule has 2 heterocycles. The normalized spacial score (nSPS) is 24.4. The van der Waals surface area contributed by atoms with Crippen molar-refractivity contribution < 1.29 is 9.59 Å². The number of amides is 1. The Bertz CT molecular complexity index is 296. The highest BCUT2D eigenvalue weighted by Gasteiger charge is 2.31. The molecule has 4 nitrogen and oxygen atoms in total. The molecular weight excluding hydrogens is 216 g/mol. The quantitative estimate of drug-likeness (QED) is 0.690. The van der Waals surface area contributed by atoms with Gasteiger partial charge in [0.25, 0.3) is 0 Å². The standard InChI is InChI=1S/C13H22N2O2/c1-2-6-14-7-3-11(4-8-14)15-9-5-12(16)10-13(15)17/h11H,2-10H2,1H3. The van der Waals surface area contributed by atoms with Gasteiger partial charge in [-0.25, -0.2) is 0 Å². The molecule has 0 aromatic carbocycles. The Morgan fingerprint density at radius 1 is 1.18 bits per heavy atom. The fraction of sp³-hybridized carbons (Fsp3) is 0.846. The van der Waals surface area contributed by atoms with E-state index in [1.165, 1.54) is 13.0 Å². The molecule has 0 aliphatic carbocycles. The predicted octanol–water partition coefficient (Wildman–Crippen LogP) is 1.05. The number of carbonyl (C=O) groups excluding carboxylic acids is 2. The van der Waals surface area contributed by atoms with Crippen LogP contribution in [0.3, 0.4) is 0 Å². The van der Waals surface area contributed by atoms with E-state index in [9.17, 15) is 9.59 Å². The number of piperidine rings is 2. The minimum atomic E-state index is 0.0511. The van der Waals surface area contributed by atoms with E-state index in [2.05, 4.69) is 11.8 Å². The van der Waals surface area contributed by atoms with Crippen LogP contribution in [0.1, 0.15) is 39.0 Å². The number of hydrogen-bond donors (Lipinski definition) is 0. The van der Waals surface area contributed by atoms with Gasteiger partial charge in [0, 0.05) is 32.1 Å². The molecule has 0 atom stereocenters. The lowest BCUT2D eigenvalue weighted by molar-refractivity contribution is -0.142. The highest BCUT2D eigenvalue weighted by atomic mass is 16.2. The second kappa shape index (κ2) is 5.63. The molecule has 0 spiro atoms. The summed E-state index contributed by atoms with van der Waals surface area (Å²) in [5, 5.41) is 0. The van der Waals surface area contributed by atoms with Crippen LogP contribution in [0.4, 0.5) is 0 Å². The second-order valence-corrected chi connectivity index (χ2v) is 5.13. The zero-order chi connectivity index (χ0) is 12.3. The van der Waals surface area contributed by atoms with E-state index >= 15 is 0 Å². The summed E-state index contributed by atoms with van der Waals surface area (Å²) < 4.78 is 0. The maximum Gasteiger partial charge on any atom is 0.230 e. The van der Waals surface area contributed by atoms with Gasteiger partial charge in [-0.3, -0.25) is 9.59 Å². The van der Waals surface area contributed by atoms with E-state index in [1.54, 1.807) is 0 Å². The Kier molecular flexibility index (Phi) is 4.15. The SMILES string of the molecule is CCCN1CCC(N2CCC(=O)CC2=O)CC1. The summed E-state index contributed by atoms with van der Waals surface area (Å²) in [7, 11) is 0. The van der Waals surface area contributed by atoms with Crippen LogP contribution in [0.25, 0.3) is 0 Å². The first-order valence-corrected chi connectivity index (χ1v) is 6.74. The molecule has 2 aliphatic heterocycles. The summed E-state index contributed by atoms with van der Waals surface area (Å²) in [5.74, 6) is 0.157. The van der Waals surface area contributed by atoms with E-state index in [4.69, 9.17) is 0 Å². The molecule has 2 rings (SSSR count). The number of hydrogen-bond acceptors (Lipinski definition) is 3. The molecule has 17 heavy (non-hydrogen) atoms. The van der Waals surface area contributed by atoms with Crippen LogP contribution in [0.2, 0.25) is 0 Å². The summed E-state index contributed by atoms with van der Waals surface area (Å²) >= 11 is 0. The molecule has 0 radical (unpaired) electrons. The Morgan fingerprint density at radius 2 is 1.88 bits per heavy atom. The minimum absolute atomic E-state index is 0.0511. The third-order valence-electron chi connectivity index (χ3n) is 3.84. The van der Waals surface area contributed by atoms with Crippen molar-refractivity contribution >= 4 is 11.7 Å². The molecule has 2 aliphatic rings. The Labute approximate surface area is 103 Å². The van der Waals surface area contributed by atoms with Crippen molar-refractivity contribution in [1.82, 2.24) is 9.80 Å². The van der Waals surface area contributed by atoms with E-state index in [1.807, 2.05) is 4.90 Å². The van der Waals surface area contributed by atoms with Gasteiger partial charge in [0.05, 0.1) is 6.42 Å². The number of nitrogens with zero attached hydrogens (tertiary/aromatic N) is 2. The third-order valence-corrected chi connectivity index (χ3v) is 3.84.